The second-order valence-corrected chi connectivity index (χ2v) is 6.29. The van der Waals surface area contributed by atoms with Gasteiger partial charge >= 0.3 is 0 Å². The molecule has 152 valence electrons. The monoisotopic (exact) mass is 374 g/mol. The van der Waals surface area contributed by atoms with Crippen LogP contribution >= 0.6 is 0 Å². The Morgan fingerprint density at radius 3 is 2.04 bits per heavy atom. The van der Waals surface area contributed by atoms with Gasteiger partial charge in [-0.05, 0) is 6.42 Å². The van der Waals surface area contributed by atoms with E-state index < -0.39 is 0 Å². The van der Waals surface area contributed by atoms with Crippen molar-refractivity contribution in [3.63, 3.8) is 0 Å². The predicted molar refractivity (Wildman–Crippen MR) is 97.8 cm³/mol. The topological polar surface area (TPSA) is 103 Å². The fraction of sp³-hybridized carbons (Fsp3) is 0.833. The van der Waals surface area contributed by atoms with Crippen LogP contribution < -0.4 is 10.6 Å². The first-order valence-electron chi connectivity index (χ1n) is 9.18. The zero-order chi connectivity index (χ0) is 19.8. The van der Waals surface area contributed by atoms with Crippen molar-refractivity contribution in [3.05, 3.63) is 0 Å². The van der Waals surface area contributed by atoms with E-state index in [0.29, 0.717) is 39.5 Å². The van der Waals surface area contributed by atoms with Gasteiger partial charge in [0.15, 0.2) is 5.78 Å². The molecule has 1 atom stereocenters. The van der Waals surface area contributed by atoms with Crippen molar-refractivity contribution < 1.29 is 28.6 Å². The van der Waals surface area contributed by atoms with Crippen LogP contribution in [-0.2, 0) is 28.6 Å². The molecule has 8 nitrogen and oxygen atoms in total. The summed E-state index contributed by atoms with van der Waals surface area (Å²) in [5.74, 6) is -0.207. The van der Waals surface area contributed by atoms with Gasteiger partial charge in [-0.25, -0.2) is 0 Å². The summed E-state index contributed by atoms with van der Waals surface area (Å²) in [4.78, 5) is 34.4. The van der Waals surface area contributed by atoms with E-state index in [1.165, 1.54) is 0 Å². The van der Waals surface area contributed by atoms with Crippen LogP contribution in [-0.4, -0.2) is 70.3 Å². The maximum atomic E-state index is 11.5. The number of carbonyl (C=O) groups excluding carboxylic acids is 3. The lowest BCUT2D eigenvalue weighted by molar-refractivity contribution is -0.128. The molecular formula is C18H34N2O6. The van der Waals surface area contributed by atoms with Gasteiger partial charge in [-0.3, -0.25) is 14.4 Å². The molecule has 0 saturated heterocycles. The standard InChI is InChI=1S/C18H34N2O6/c1-5-15(4)16(21)12-25-9-6-19-17(22)13-26-11-10-24-8-7-20-18(23)14(2)3/h14-15H,5-13H2,1-4H3,(H,19,22)(H,20,23). The van der Waals surface area contributed by atoms with Gasteiger partial charge in [-0.1, -0.05) is 27.7 Å². The zero-order valence-electron chi connectivity index (χ0n) is 16.5. The third-order valence-corrected chi connectivity index (χ3v) is 3.65. The molecule has 0 aliphatic carbocycles. The molecule has 0 aromatic carbocycles. The van der Waals surface area contributed by atoms with Crippen LogP contribution in [0.3, 0.4) is 0 Å². The molecule has 0 aliphatic rings. The minimum atomic E-state index is -0.244. The molecule has 0 saturated carbocycles. The van der Waals surface area contributed by atoms with Crippen molar-refractivity contribution in [3.8, 4) is 0 Å². The van der Waals surface area contributed by atoms with E-state index >= 15 is 0 Å². The second kappa shape index (κ2) is 15.7. The lowest BCUT2D eigenvalue weighted by Gasteiger charge is -2.10. The van der Waals surface area contributed by atoms with Crippen molar-refractivity contribution >= 4 is 17.6 Å². The maximum absolute atomic E-state index is 11.5. The van der Waals surface area contributed by atoms with Gasteiger partial charge in [-0.15, -0.1) is 0 Å². The Bertz CT molecular complexity index is 414. The molecule has 0 aromatic heterocycles. The summed E-state index contributed by atoms with van der Waals surface area (Å²) in [6.45, 7) is 9.64. The van der Waals surface area contributed by atoms with Crippen LogP contribution in [0.5, 0.6) is 0 Å². The number of ketones is 1. The Labute approximate surface area is 156 Å². The van der Waals surface area contributed by atoms with Gasteiger partial charge < -0.3 is 24.8 Å². The van der Waals surface area contributed by atoms with E-state index in [4.69, 9.17) is 14.2 Å². The summed E-state index contributed by atoms with van der Waals surface area (Å²) in [7, 11) is 0. The molecule has 8 heteroatoms. The summed E-state index contributed by atoms with van der Waals surface area (Å²) in [5, 5.41) is 5.38. The van der Waals surface area contributed by atoms with E-state index in [0.717, 1.165) is 6.42 Å². The Morgan fingerprint density at radius 2 is 1.38 bits per heavy atom. The summed E-state index contributed by atoms with van der Waals surface area (Å²) >= 11 is 0. The number of nitrogens with one attached hydrogen (secondary N) is 2. The van der Waals surface area contributed by atoms with Gasteiger partial charge in [0.1, 0.15) is 13.2 Å². The molecule has 0 aromatic rings. The summed E-state index contributed by atoms with van der Waals surface area (Å²) in [5.41, 5.74) is 0. The van der Waals surface area contributed by atoms with Gasteiger partial charge in [0.05, 0.1) is 26.4 Å². The normalized spacial score (nSPS) is 12.0. The van der Waals surface area contributed by atoms with Crippen LogP contribution in [0.1, 0.15) is 34.1 Å². The number of carbonyl (C=O) groups is 3. The Morgan fingerprint density at radius 1 is 0.808 bits per heavy atom. The lowest BCUT2D eigenvalue weighted by atomic mass is 10.1. The summed E-state index contributed by atoms with van der Waals surface area (Å²) in [6.07, 6.45) is 0.798. The molecular weight excluding hydrogens is 340 g/mol. The average molecular weight is 374 g/mol. The van der Waals surface area contributed by atoms with E-state index in [1.807, 2.05) is 27.7 Å². The first-order valence-corrected chi connectivity index (χ1v) is 9.18. The van der Waals surface area contributed by atoms with Crippen LogP contribution in [0.15, 0.2) is 0 Å². The second-order valence-electron chi connectivity index (χ2n) is 6.29. The fourth-order valence-corrected chi connectivity index (χ4v) is 1.69. The fourth-order valence-electron chi connectivity index (χ4n) is 1.69. The SMILES string of the molecule is CCC(C)C(=O)COCCNC(=O)COCCOCCNC(=O)C(C)C. The first kappa shape index (κ1) is 24.5. The molecule has 0 aliphatic heterocycles. The molecule has 1 unspecified atom stereocenters. The molecule has 2 amide bonds. The zero-order valence-corrected chi connectivity index (χ0v) is 16.5. The maximum Gasteiger partial charge on any atom is 0.246 e. The highest BCUT2D eigenvalue weighted by atomic mass is 16.5. The first-order chi connectivity index (χ1) is 12.4. The molecule has 0 fully saturated rings. The molecule has 0 spiro atoms. The van der Waals surface area contributed by atoms with Gasteiger partial charge in [0.25, 0.3) is 0 Å². The third-order valence-electron chi connectivity index (χ3n) is 3.65. The minimum absolute atomic E-state index is 0.00487. The van der Waals surface area contributed by atoms with Crippen LogP contribution in [0.4, 0.5) is 0 Å². The highest BCUT2D eigenvalue weighted by Gasteiger charge is 2.10. The number of ether oxygens (including phenoxy) is 3. The number of hydrogen-bond donors (Lipinski definition) is 2. The number of Topliss-reactive ketones (excluding diaryl/α,β-unsaturated/α-hetero) is 1. The van der Waals surface area contributed by atoms with Crippen molar-refractivity contribution in [1.29, 1.82) is 0 Å². The van der Waals surface area contributed by atoms with E-state index in [9.17, 15) is 14.4 Å². The van der Waals surface area contributed by atoms with Crippen LogP contribution in [0.2, 0.25) is 0 Å². The van der Waals surface area contributed by atoms with Gasteiger partial charge in [-0.2, -0.15) is 0 Å². The van der Waals surface area contributed by atoms with E-state index in [2.05, 4.69) is 10.6 Å². The number of hydrogen-bond acceptors (Lipinski definition) is 6. The average Bonchev–Trinajstić information content (AvgIpc) is 2.62. The number of rotatable bonds is 16. The lowest BCUT2D eigenvalue weighted by Crippen LogP contribution is -2.32. The predicted octanol–water partition coefficient (Wildman–Crippen LogP) is 0.540. The smallest absolute Gasteiger partial charge is 0.246 e. The van der Waals surface area contributed by atoms with E-state index in [1.54, 1.807) is 0 Å². The van der Waals surface area contributed by atoms with Gasteiger partial charge in [0, 0.05) is 24.9 Å². The minimum Gasteiger partial charge on any atom is -0.377 e. The van der Waals surface area contributed by atoms with Crippen LogP contribution in [0, 0.1) is 11.8 Å². The van der Waals surface area contributed by atoms with Crippen molar-refractivity contribution in [2.24, 2.45) is 11.8 Å². The molecule has 0 rings (SSSR count). The molecule has 0 heterocycles. The van der Waals surface area contributed by atoms with Crippen molar-refractivity contribution in [2.45, 2.75) is 34.1 Å². The number of amides is 2. The largest absolute Gasteiger partial charge is 0.377 e. The Balaban J connectivity index is 3.40. The molecule has 0 radical (unpaired) electrons. The quantitative estimate of drug-likeness (QED) is 0.382. The van der Waals surface area contributed by atoms with Crippen molar-refractivity contribution in [2.75, 3.05) is 52.7 Å². The molecule has 26 heavy (non-hydrogen) atoms. The highest BCUT2D eigenvalue weighted by molar-refractivity contribution is 5.81. The van der Waals surface area contributed by atoms with Gasteiger partial charge in [0.2, 0.25) is 11.8 Å². The van der Waals surface area contributed by atoms with E-state index in [-0.39, 0.29) is 42.6 Å². The molecule has 2 N–H and O–H groups in total. The molecule has 0 bridgehead atoms. The summed E-state index contributed by atoms with van der Waals surface area (Å²) < 4.78 is 15.7. The van der Waals surface area contributed by atoms with Crippen molar-refractivity contribution in [1.82, 2.24) is 10.6 Å². The Kier molecular flexibility index (Phi) is 14.8. The van der Waals surface area contributed by atoms with Crippen LogP contribution in [0.25, 0.3) is 0 Å². The summed E-state index contributed by atoms with van der Waals surface area (Å²) in [6, 6.07) is 0. The third kappa shape index (κ3) is 13.7. The highest BCUT2D eigenvalue weighted by Crippen LogP contribution is 2.01. The Hall–Kier alpha value is -1.51.